The van der Waals surface area contributed by atoms with Gasteiger partial charge in [0.2, 0.25) is 0 Å². The summed E-state index contributed by atoms with van der Waals surface area (Å²) < 4.78 is 0. The molecule has 0 spiro atoms. The van der Waals surface area contributed by atoms with Gasteiger partial charge < -0.3 is 4.90 Å². The second-order valence-electron chi connectivity index (χ2n) is 2.45. The Kier molecular flexibility index (Phi) is 1.90. The molecule has 1 heterocycles. The molecule has 0 N–H and O–H groups in total. The molecule has 0 aliphatic carbocycles. The van der Waals surface area contributed by atoms with Gasteiger partial charge in [-0.15, -0.1) is 0 Å². The molecule has 53 valence electrons. The van der Waals surface area contributed by atoms with Crippen molar-refractivity contribution in [3.63, 3.8) is 0 Å². The Morgan fingerprint density at radius 2 is 2.10 bits per heavy atom. The number of anilines is 1. The van der Waals surface area contributed by atoms with Crippen molar-refractivity contribution in [3.05, 3.63) is 30.9 Å². The van der Waals surface area contributed by atoms with Crippen molar-refractivity contribution in [2.24, 2.45) is 0 Å². The highest BCUT2D eigenvalue weighted by molar-refractivity contribution is 5.44. The van der Waals surface area contributed by atoms with Gasteiger partial charge in [0.25, 0.3) is 0 Å². The molecule has 1 aromatic rings. The van der Waals surface area contributed by atoms with E-state index in [2.05, 4.69) is 11.9 Å². The molecular formula is C8H11N2. The van der Waals surface area contributed by atoms with Crippen LogP contribution in [0.25, 0.3) is 0 Å². The molecule has 0 bridgehead atoms. The number of rotatable bonds is 1. The van der Waals surface area contributed by atoms with Crippen LogP contribution in [-0.2, 0) is 0 Å². The normalized spacial score (nSPS) is 9.50. The number of nitrogens with zero attached hydrogens (tertiary/aromatic N) is 2. The molecule has 0 aromatic carbocycles. The van der Waals surface area contributed by atoms with E-state index >= 15 is 0 Å². The minimum Gasteiger partial charge on any atom is -0.376 e. The van der Waals surface area contributed by atoms with Crippen LogP contribution >= 0.6 is 0 Å². The average Bonchev–Trinajstić information content (AvgIpc) is 1.88. The third-order valence-electron chi connectivity index (χ3n) is 1.30. The van der Waals surface area contributed by atoms with Gasteiger partial charge in [-0.1, -0.05) is 0 Å². The molecule has 1 rings (SSSR count). The van der Waals surface area contributed by atoms with Gasteiger partial charge in [-0.25, -0.2) is 0 Å². The molecule has 0 aliphatic heterocycles. The molecular weight excluding hydrogens is 124 g/mol. The van der Waals surface area contributed by atoms with Crippen molar-refractivity contribution in [3.8, 4) is 0 Å². The van der Waals surface area contributed by atoms with E-state index in [1.807, 2.05) is 31.3 Å². The smallest absolute Gasteiger partial charge is 0.0550 e. The number of hydrogen-bond donors (Lipinski definition) is 0. The maximum atomic E-state index is 4.00. The van der Waals surface area contributed by atoms with Gasteiger partial charge in [0.1, 0.15) is 0 Å². The predicted molar refractivity (Wildman–Crippen MR) is 43.0 cm³/mol. The van der Waals surface area contributed by atoms with Crippen LogP contribution in [-0.4, -0.2) is 19.1 Å². The van der Waals surface area contributed by atoms with Gasteiger partial charge >= 0.3 is 0 Å². The third kappa shape index (κ3) is 1.47. The standard InChI is InChI=1S/C8H11N2/c1-7-4-8(10(2)3)6-9-5-7/h4-6H,1H2,2-3H3. The van der Waals surface area contributed by atoms with Crippen molar-refractivity contribution >= 4 is 5.69 Å². The highest BCUT2D eigenvalue weighted by atomic mass is 15.1. The Hall–Kier alpha value is -1.05. The van der Waals surface area contributed by atoms with Gasteiger partial charge in [-0.05, 0) is 18.6 Å². The first-order valence-electron chi connectivity index (χ1n) is 3.14. The Morgan fingerprint density at radius 3 is 2.50 bits per heavy atom. The molecule has 0 atom stereocenters. The van der Waals surface area contributed by atoms with E-state index in [1.54, 1.807) is 6.20 Å². The first-order valence-corrected chi connectivity index (χ1v) is 3.14. The van der Waals surface area contributed by atoms with E-state index in [0.717, 1.165) is 11.3 Å². The Balaban J connectivity index is 2.96. The fourth-order valence-electron chi connectivity index (χ4n) is 0.718. The van der Waals surface area contributed by atoms with Crippen LogP contribution in [0.15, 0.2) is 18.5 Å². The second kappa shape index (κ2) is 2.69. The SMILES string of the molecule is [CH2]c1cncc(N(C)C)c1. The van der Waals surface area contributed by atoms with Crippen molar-refractivity contribution in [1.29, 1.82) is 0 Å². The van der Waals surface area contributed by atoms with Gasteiger partial charge in [-0.3, -0.25) is 4.98 Å². The maximum absolute atomic E-state index is 4.00. The van der Waals surface area contributed by atoms with Crippen LogP contribution in [0.4, 0.5) is 5.69 Å². The lowest BCUT2D eigenvalue weighted by Crippen LogP contribution is -2.08. The fourth-order valence-corrected chi connectivity index (χ4v) is 0.718. The van der Waals surface area contributed by atoms with Crippen molar-refractivity contribution < 1.29 is 0 Å². The zero-order chi connectivity index (χ0) is 7.56. The van der Waals surface area contributed by atoms with E-state index in [-0.39, 0.29) is 0 Å². The number of pyridine rings is 1. The van der Waals surface area contributed by atoms with Gasteiger partial charge in [-0.2, -0.15) is 0 Å². The molecule has 0 amide bonds. The quantitative estimate of drug-likeness (QED) is 0.577. The van der Waals surface area contributed by atoms with Crippen LogP contribution < -0.4 is 4.90 Å². The van der Waals surface area contributed by atoms with Crippen LogP contribution in [0.5, 0.6) is 0 Å². The molecule has 1 aromatic heterocycles. The monoisotopic (exact) mass is 135 g/mol. The summed E-state index contributed by atoms with van der Waals surface area (Å²) in [4.78, 5) is 6.00. The third-order valence-corrected chi connectivity index (χ3v) is 1.30. The summed E-state index contributed by atoms with van der Waals surface area (Å²) in [5, 5.41) is 0. The van der Waals surface area contributed by atoms with E-state index in [4.69, 9.17) is 0 Å². The molecule has 1 radical (unpaired) electrons. The molecule has 0 aliphatic rings. The van der Waals surface area contributed by atoms with Gasteiger partial charge in [0.05, 0.1) is 11.9 Å². The van der Waals surface area contributed by atoms with Crippen LogP contribution in [0.2, 0.25) is 0 Å². The average molecular weight is 135 g/mol. The minimum absolute atomic E-state index is 0.950. The summed E-state index contributed by atoms with van der Waals surface area (Å²) in [6.07, 6.45) is 3.56. The summed E-state index contributed by atoms with van der Waals surface area (Å²) in [7, 11) is 3.97. The van der Waals surface area contributed by atoms with Gasteiger partial charge in [0.15, 0.2) is 0 Å². The zero-order valence-corrected chi connectivity index (χ0v) is 6.33. The largest absolute Gasteiger partial charge is 0.376 e. The number of hydrogen-bond acceptors (Lipinski definition) is 2. The topological polar surface area (TPSA) is 16.1 Å². The van der Waals surface area contributed by atoms with Crippen LogP contribution in [0.1, 0.15) is 5.56 Å². The lowest BCUT2D eigenvalue weighted by molar-refractivity contribution is 1.11. The molecule has 10 heavy (non-hydrogen) atoms. The van der Waals surface area contributed by atoms with Crippen LogP contribution in [0.3, 0.4) is 0 Å². The van der Waals surface area contributed by atoms with Crippen molar-refractivity contribution in [1.82, 2.24) is 4.98 Å². The first kappa shape index (κ1) is 7.06. The summed E-state index contributed by atoms with van der Waals surface area (Å²) in [5.41, 5.74) is 2.04. The summed E-state index contributed by atoms with van der Waals surface area (Å²) >= 11 is 0. The Morgan fingerprint density at radius 1 is 1.40 bits per heavy atom. The first-order chi connectivity index (χ1) is 4.70. The summed E-state index contributed by atoms with van der Waals surface area (Å²) in [5.74, 6) is 0. The van der Waals surface area contributed by atoms with E-state index < -0.39 is 0 Å². The Bertz CT molecular complexity index is 218. The number of aromatic nitrogens is 1. The molecule has 0 unspecified atom stereocenters. The highest BCUT2D eigenvalue weighted by Gasteiger charge is 1.92. The molecule has 0 saturated heterocycles. The van der Waals surface area contributed by atoms with Crippen LogP contribution in [0, 0.1) is 6.92 Å². The Labute approximate surface area is 61.5 Å². The molecule has 2 heteroatoms. The molecule has 0 fully saturated rings. The molecule has 2 nitrogen and oxygen atoms in total. The minimum atomic E-state index is 0.950. The second-order valence-corrected chi connectivity index (χ2v) is 2.45. The van der Waals surface area contributed by atoms with E-state index in [0.29, 0.717) is 0 Å². The maximum Gasteiger partial charge on any atom is 0.0550 e. The lowest BCUT2D eigenvalue weighted by atomic mass is 10.3. The summed E-state index contributed by atoms with van der Waals surface area (Å²) in [6, 6.07) is 1.99. The van der Waals surface area contributed by atoms with Crippen molar-refractivity contribution in [2.75, 3.05) is 19.0 Å². The summed E-state index contributed by atoms with van der Waals surface area (Å²) in [6.45, 7) is 3.77. The van der Waals surface area contributed by atoms with E-state index in [1.165, 1.54) is 0 Å². The highest BCUT2D eigenvalue weighted by Crippen LogP contribution is 2.09. The van der Waals surface area contributed by atoms with Gasteiger partial charge in [0, 0.05) is 20.3 Å². The van der Waals surface area contributed by atoms with Crippen molar-refractivity contribution in [2.45, 2.75) is 0 Å². The lowest BCUT2D eigenvalue weighted by Gasteiger charge is -2.11. The molecule has 0 saturated carbocycles. The van der Waals surface area contributed by atoms with E-state index in [9.17, 15) is 0 Å². The fraction of sp³-hybridized carbons (Fsp3) is 0.250. The zero-order valence-electron chi connectivity index (χ0n) is 6.33. The predicted octanol–water partition coefficient (Wildman–Crippen LogP) is 1.33.